The summed E-state index contributed by atoms with van der Waals surface area (Å²) in [7, 11) is 0. The van der Waals surface area contributed by atoms with Crippen molar-refractivity contribution in [2.24, 2.45) is 5.92 Å². The summed E-state index contributed by atoms with van der Waals surface area (Å²) >= 11 is 0. The van der Waals surface area contributed by atoms with Gasteiger partial charge in [-0.05, 0) is 59.4 Å². The highest BCUT2D eigenvalue weighted by Crippen LogP contribution is 2.35. The first-order chi connectivity index (χ1) is 13.1. The van der Waals surface area contributed by atoms with Crippen molar-refractivity contribution in [3.63, 3.8) is 0 Å². The van der Waals surface area contributed by atoms with E-state index in [0.717, 1.165) is 47.8 Å². The number of nitrogens with zero attached hydrogens (tertiary/aromatic N) is 4. The molecule has 0 spiro atoms. The molecule has 0 unspecified atom stereocenters. The standard InChI is InChI=1S/C19H23FN6O/c1-3-11(2)18(26-10-21-24-25-26)19(27)23-16-6-4-5-13-14-9-12(20)7-8-15(14)22-17(13)16/h7-11,16,18,22H,3-6H2,1-2H3,(H,23,27)/t11-,16-,18-/m0/s1. The minimum atomic E-state index is -0.461. The van der Waals surface area contributed by atoms with E-state index < -0.39 is 6.04 Å². The molecule has 0 fully saturated rings. The van der Waals surface area contributed by atoms with Crippen LogP contribution in [0.1, 0.15) is 56.5 Å². The maximum absolute atomic E-state index is 13.7. The van der Waals surface area contributed by atoms with Gasteiger partial charge in [-0.3, -0.25) is 4.79 Å². The number of carbonyl (C=O) groups excluding carboxylic acids is 1. The van der Waals surface area contributed by atoms with Gasteiger partial charge in [0.25, 0.3) is 0 Å². The van der Waals surface area contributed by atoms with Gasteiger partial charge in [-0.2, -0.15) is 0 Å². The zero-order valence-electron chi connectivity index (χ0n) is 15.4. The van der Waals surface area contributed by atoms with Crippen LogP contribution in [0, 0.1) is 11.7 Å². The molecule has 8 heteroatoms. The largest absolute Gasteiger partial charge is 0.356 e. The number of nitrogens with one attached hydrogen (secondary N) is 2. The fourth-order valence-corrected chi connectivity index (χ4v) is 3.99. The number of hydrogen-bond donors (Lipinski definition) is 2. The number of aryl methyl sites for hydroxylation is 1. The van der Waals surface area contributed by atoms with Crippen molar-refractivity contribution < 1.29 is 9.18 Å². The Morgan fingerprint density at radius 1 is 1.48 bits per heavy atom. The van der Waals surface area contributed by atoms with Crippen LogP contribution in [-0.2, 0) is 11.2 Å². The lowest BCUT2D eigenvalue weighted by atomic mass is 9.91. The predicted molar refractivity (Wildman–Crippen MR) is 98.4 cm³/mol. The summed E-state index contributed by atoms with van der Waals surface area (Å²) in [5.41, 5.74) is 2.99. The molecular weight excluding hydrogens is 347 g/mol. The lowest BCUT2D eigenvalue weighted by Gasteiger charge is -2.28. The summed E-state index contributed by atoms with van der Waals surface area (Å²) in [6.07, 6.45) is 4.98. The predicted octanol–water partition coefficient (Wildman–Crippen LogP) is 3.07. The molecule has 3 aromatic rings. The fourth-order valence-electron chi connectivity index (χ4n) is 3.99. The average Bonchev–Trinajstić information content (AvgIpc) is 3.30. The summed E-state index contributed by atoms with van der Waals surface area (Å²) < 4.78 is 15.2. The van der Waals surface area contributed by atoms with Gasteiger partial charge in [-0.15, -0.1) is 5.10 Å². The van der Waals surface area contributed by atoms with E-state index in [2.05, 4.69) is 25.8 Å². The van der Waals surface area contributed by atoms with Gasteiger partial charge in [0.05, 0.1) is 6.04 Å². The first-order valence-electron chi connectivity index (χ1n) is 9.41. The highest BCUT2D eigenvalue weighted by molar-refractivity contribution is 5.86. The fraction of sp³-hybridized carbons (Fsp3) is 0.474. The molecule has 1 aromatic carbocycles. The molecule has 0 saturated heterocycles. The van der Waals surface area contributed by atoms with Gasteiger partial charge in [0.1, 0.15) is 18.2 Å². The van der Waals surface area contributed by atoms with Crippen molar-refractivity contribution in [2.75, 3.05) is 0 Å². The van der Waals surface area contributed by atoms with Crippen molar-refractivity contribution in [1.29, 1.82) is 0 Å². The molecule has 1 amide bonds. The molecule has 0 radical (unpaired) electrons. The minimum absolute atomic E-state index is 0.0911. The van der Waals surface area contributed by atoms with Crippen molar-refractivity contribution >= 4 is 16.8 Å². The lowest BCUT2D eigenvalue weighted by Crippen LogP contribution is -2.39. The number of aromatic nitrogens is 5. The van der Waals surface area contributed by atoms with Gasteiger partial charge in [0, 0.05) is 16.6 Å². The van der Waals surface area contributed by atoms with E-state index in [1.54, 1.807) is 12.1 Å². The second-order valence-electron chi connectivity index (χ2n) is 7.28. The van der Waals surface area contributed by atoms with Gasteiger partial charge in [-0.1, -0.05) is 20.3 Å². The quantitative estimate of drug-likeness (QED) is 0.722. The lowest BCUT2D eigenvalue weighted by molar-refractivity contribution is -0.127. The van der Waals surface area contributed by atoms with Crippen LogP contribution in [0.3, 0.4) is 0 Å². The second kappa shape index (κ2) is 7.09. The summed E-state index contributed by atoms with van der Waals surface area (Å²) in [5, 5.41) is 15.4. The van der Waals surface area contributed by atoms with E-state index in [1.807, 2.05) is 13.8 Å². The van der Waals surface area contributed by atoms with Crippen molar-refractivity contribution in [3.8, 4) is 0 Å². The molecule has 0 aliphatic heterocycles. The summed E-state index contributed by atoms with van der Waals surface area (Å²) in [6.45, 7) is 4.06. The van der Waals surface area contributed by atoms with Gasteiger partial charge >= 0.3 is 0 Å². The van der Waals surface area contributed by atoms with Crippen LogP contribution in [0.2, 0.25) is 0 Å². The van der Waals surface area contributed by atoms with Crippen molar-refractivity contribution in [1.82, 2.24) is 30.5 Å². The normalized spacial score (nSPS) is 18.9. The van der Waals surface area contributed by atoms with Crippen LogP contribution < -0.4 is 5.32 Å². The molecule has 0 bridgehead atoms. The first kappa shape index (κ1) is 17.6. The Balaban J connectivity index is 1.63. The van der Waals surface area contributed by atoms with E-state index >= 15 is 0 Å². The number of hydrogen-bond acceptors (Lipinski definition) is 4. The molecule has 2 N–H and O–H groups in total. The summed E-state index contributed by atoms with van der Waals surface area (Å²) in [4.78, 5) is 16.5. The molecule has 1 aliphatic rings. The van der Waals surface area contributed by atoms with E-state index in [1.165, 1.54) is 17.1 Å². The van der Waals surface area contributed by atoms with Gasteiger partial charge < -0.3 is 10.3 Å². The number of tetrazole rings is 1. The SMILES string of the molecule is CC[C@H](C)[C@@H](C(=O)N[C@H]1CCCc2c1[nH]c1ccc(F)cc21)n1cnnn1. The topological polar surface area (TPSA) is 88.5 Å². The van der Waals surface area contributed by atoms with Gasteiger partial charge in [-0.25, -0.2) is 9.07 Å². The third-order valence-corrected chi connectivity index (χ3v) is 5.59. The van der Waals surface area contributed by atoms with Crippen molar-refractivity contribution in [2.45, 2.75) is 51.6 Å². The van der Waals surface area contributed by atoms with E-state index in [9.17, 15) is 9.18 Å². The van der Waals surface area contributed by atoms with Crippen LogP contribution in [0.25, 0.3) is 10.9 Å². The highest BCUT2D eigenvalue weighted by Gasteiger charge is 2.31. The number of fused-ring (bicyclic) bond motifs is 3. The number of aromatic amines is 1. The van der Waals surface area contributed by atoms with E-state index in [-0.39, 0.29) is 23.7 Å². The third kappa shape index (κ3) is 3.20. The van der Waals surface area contributed by atoms with Crippen LogP contribution >= 0.6 is 0 Å². The van der Waals surface area contributed by atoms with Crippen molar-refractivity contribution in [3.05, 3.63) is 41.6 Å². The van der Waals surface area contributed by atoms with Crippen LogP contribution in [0.4, 0.5) is 4.39 Å². The van der Waals surface area contributed by atoms with Gasteiger partial charge in [0.15, 0.2) is 0 Å². The van der Waals surface area contributed by atoms with Crippen LogP contribution in [-0.4, -0.2) is 31.1 Å². The number of carbonyl (C=O) groups is 1. The minimum Gasteiger partial charge on any atom is -0.356 e. The van der Waals surface area contributed by atoms with E-state index in [4.69, 9.17) is 0 Å². The van der Waals surface area contributed by atoms with Gasteiger partial charge in [0.2, 0.25) is 5.91 Å². The molecule has 4 rings (SSSR count). The Kier molecular flexibility index (Phi) is 4.63. The monoisotopic (exact) mass is 370 g/mol. The zero-order valence-corrected chi connectivity index (χ0v) is 15.4. The number of benzene rings is 1. The molecule has 7 nitrogen and oxygen atoms in total. The van der Waals surface area contributed by atoms with E-state index in [0.29, 0.717) is 0 Å². The Bertz CT molecular complexity index is 951. The molecule has 2 heterocycles. The molecule has 1 aliphatic carbocycles. The zero-order chi connectivity index (χ0) is 19.0. The maximum atomic E-state index is 13.7. The molecule has 27 heavy (non-hydrogen) atoms. The Hall–Kier alpha value is -2.77. The Morgan fingerprint density at radius 3 is 3.07 bits per heavy atom. The second-order valence-corrected chi connectivity index (χ2v) is 7.28. The van der Waals surface area contributed by atoms with Crippen LogP contribution in [0.15, 0.2) is 24.5 Å². The molecular formula is C19H23FN6O. The Morgan fingerprint density at radius 2 is 2.33 bits per heavy atom. The first-order valence-corrected chi connectivity index (χ1v) is 9.41. The average molecular weight is 370 g/mol. The van der Waals surface area contributed by atoms with Crippen LogP contribution in [0.5, 0.6) is 0 Å². The number of H-pyrrole nitrogens is 1. The Labute approximate surface area is 156 Å². The summed E-state index contributed by atoms with van der Waals surface area (Å²) in [6, 6.07) is 4.19. The molecule has 142 valence electrons. The molecule has 3 atom stereocenters. The highest BCUT2D eigenvalue weighted by atomic mass is 19.1. The molecule has 2 aromatic heterocycles. The summed E-state index contributed by atoms with van der Waals surface area (Å²) in [5.74, 6) is -0.251. The third-order valence-electron chi connectivity index (χ3n) is 5.59. The smallest absolute Gasteiger partial charge is 0.245 e. The number of amides is 1. The molecule has 0 saturated carbocycles. The maximum Gasteiger partial charge on any atom is 0.245 e. The number of halogens is 1. The number of rotatable bonds is 5.